The van der Waals surface area contributed by atoms with Gasteiger partial charge < -0.3 is 9.84 Å². The third-order valence-corrected chi connectivity index (χ3v) is 3.03. The molecule has 2 aromatic rings. The zero-order valence-electron chi connectivity index (χ0n) is 10.8. The highest BCUT2D eigenvalue weighted by Gasteiger charge is 2.16. The van der Waals surface area contributed by atoms with E-state index in [-0.39, 0.29) is 11.7 Å². The molecule has 0 saturated heterocycles. The zero-order valence-corrected chi connectivity index (χ0v) is 10.8. The quantitative estimate of drug-likeness (QED) is 0.893. The monoisotopic (exact) mass is 271 g/mol. The van der Waals surface area contributed by atoms with Gasteiger partial charge >= 0.3 is 5.97 Å². The fraction of sp³-hybridized carbons (Fsp3) is 0.214. The highest BCUT2D eigenvalue weighted by molar-refractivity contribution is 5.95. The van der Waals surface area contributed by atoms with Crippen molar-refractivity contribution in [2.24, 2.45) is 4.99 Å². The van der Waals surface area contributed by atoms with Crippen LogP contribution in [0.15, 0.2) is 35.3 Å². The van der Waals surface area contributed by atoms with Crippen molar-refractivity contribution in [1.29, 1.82) is 0 Å². The van der Waals surface area contributed by atoms with Crippen molar-refractivity contribution in [3.63, 3.8) is 0 Å². The van der Waals surface area contributed by atoms with Gasteiger partial charge in [-0.3, -0.25) is 5.10 Å². The van der Waals surface area contributed by atoms with Crippen LogP contribution in [-0.2, 0) is 4.74 Å². The summed E-state index contributed by atoms with van der Waals surface area (Å²) in [5, 5.41) is 15.3. The van der Waals surface area contributed by atoms with E-state index in [0.29, 0.717) is 18.2 Å². The molecule has 0 saturated carbocycles. The van der Waals surface area contributed by atoms with Crippen LogP contribution < -0.4 is 0 Å². The van der Waals surface area contributed by atoms with Crippen LogP contribution in [0.1, 0.15) is 23.0 Å². The predicted octanol–water partition coefficient (Wildman–Crippen LogP) is 1.94. The molecule has 2 heterocycles. The molecule has 2 N–H and O–H groups in total. The molecule has 0 aliphatic carbocycles. The van der Waals surface area contributed by atoms with Crippen LogP contribution in [0.5, 0.6) is 0 Å². The summed E-state index contributed by atoms with van der Waals surface area (Å²) in [5.74, 6) is -0.375. The summed E-state index contributed by atoms with van der Waals surface area (Å²) in [6.45, 7) is 2.61. The van der Waals surface area contributed by atoms with E-state index in [1.807, 2.05) is 31.2 Å². The Balaban J connectivity index is 1.85. The SMILES string of the molecule is CC1COC(c2ccc(-c3cc(C(=O)O)[nH]n3)cc2)=N1. The van der Waals surface area contributed by atoms with Gasteiger partial charge in [-0.1, -0.05) is 12.1 Å². The summed E-state index contributed by atoms with van der Waals surface area (Å²) >= 11 is 0. The maximum atomic E-state index is 10.8. The van der Waals surface area contributed by atoms with Gasteiger partial charge in [0.15, 0.2) is 0 Å². The Bertz CT molecular complexity index is 673. The van der Waals surface area contributed by atoms with Crippen LogP contribution in [0, 0.1) is 0 Å². The molecule has 1 aliphatic heterocycles. The van der Waals surface area contributed by atoms with Crippen LogP contribution in [0.25, 0.3) is 11.3 Å². The van der Waals surface area contributed by atoms with E-state index in [9.17, 15) is 4.79 Å². The molecule has 6 nitrogen and oxygen atoms in total. The number of aliphatic imine (C=N–C) groups is 1. The van der Waals surface area contributed by atoms with Crippen LogP contribution in [-0.4, -0.2) is 39.8 Å². The second kappa shape index (κ2) is 4.80. The fourth-order valence-electron chi connectivity index (χ4n) is 1.99. The Morgan fingerprint density at radius 2 is 2.05 bits per heavy atom. The molecular weight excluding hydrogens is 258 g/mol. The van der Waals surface area contributed by atoms with Gasteiger partial charge in [-0.2, -0.15) is 5.10 Å². The van der Waals surface area contributed by atoms with Gasteiger partial charge in [0, 0.05) is 11.1 Å². The minimum absolute atomic E-state index is 0.0707. The van der Waals surface area contributed by atoms with Crippen molar-refractivity contribution in [3.05, 3.63) is 41.6 Å². The number of carboxylic acids is 1. The first-order valence-electron chi connectivity index (χ1n) is 6.23. The normalized spacial score (nSPS) is 17.6. The van der Waals surface area contributed by atoms with Gasteiger partial charge in [0.2, 0.25) is 5.90 Å². The number of H-pyrrole nitrogens is 1. The summed E-state index contributed by atoms with van der Waals surface area (Å²) in [7, 11) is 0. The number of rotatable bonds is 3. The van der Waals surface area contributed by atoms with Crippen molar-refractivity contribution in [3.8, 4) is 11.3 Å². The third kappa shape index (κ3) is 2.27. The number of ether oxygens (including phenoxy) is 1. The standard InChI is InChI=1S/C14H13N3O3/c1-8-7-20-13(15-8)10-4-2-9(3-5-10)11-6-12(14(18)19)17-16-11/h2-6,8H,7H2,1H3,(H,16,17)(H,18,19). The van der Waals surface area contributed by atoms with Crippen LogP contribution >= 0.6 is 0 Å². The van der Waals surface area contributed by atoms with Crippen molar-refractivity contribution in [2.45, 2.75) is 13.0 Å². The molecule has 1 aliphatic rings. The van der Waals surface area contributed by atoms with Crippen molar-refractivity contribution in [2.75, 3.05) is 6.61 Å². The number of nitrogens with one attached hydrogen (secondary N) is 1. The number of benzene rings is 1. The second-order valence-corrected chi connectivity index (χ2v) is 4.64. The maximum absolute atomic E-state index is 10.8. The Kier molecular flexibility index (Phi) is 2.98. The summed E-state index contributed by atoms with van der Waals surface area (Å²) in [6.07, 6.45) is 0. The second-order valence-electron chi connectivity index (χ2n) is 4.64. The molecule has 3 rings (SSSR count). The zero-order chi connectivity index (χ0) is 14.1. The Morgan fingerprint density at radius 1 is 1.35 bits per heavy atom. The van der Waals surface area contributed by atoms with Crippen LogP contribution in [0.3, 0.4) is 0 Å². The minimum Gasteiger partial charge on any atom is -0.477 e. The average molecular weight is 271 g/mol. The first-order valence-corrected chi connectivity index (χ1v) is 6.23. The molecular formula is C14H13N3O3. The number of carboxylic acid groups (broad SMARTS) is 1. The predicted molar refractivity (Wildman–Crippen MR) is 72.9 cm³/mol. The molecule has 1 unspecified atom stereocenters. The van der Waals surface area contributed by atoms with E-state index in [4.69, 9.17) is 9.84 Å². The van der Waals surface area contributed by atoms with Gasteiger partial charge in [-0.05, 0) is 25.1 Å². The fourth-order valence-corrected chi connectivity index (χ4v) is 1.99. The molecule has 0 spiro atoms. The molecule has 0 bridgehead atoms. The molecule has 102 valence electrons. The molecule has 0 amide bonds. The largest absolute Gasteiger partial charge is 0.477 e. The Hall–Kier alpha value is -2.63. The summed E-state index contributed by atoms with van der Waals surface area (Å²) in [6, 6.07) is 9.21. The topological polar surface area (TPSA) is 87.6 Å². The van der Waals surface area contributed by atoms with Gasteiger partial charge in [0.1, 0.15) is 12.3 Å². The first kappa shape index (κ1) is 12.4. The van der Waals surface area contributed by atoms with E-state index in [1.165, 1.54) is 6.07 Å². The lowest BCUT2D eigenvalue weighted by atomic mass is 10.1. The Labute approximate surface area is 115 Å². The number of nitrogens with zero attached hydrogens (tertiary/aromatic N) is 2. The van der Waals surface area contributed by atoms with Crippen molar-refractivity contribution in [1.82, 2.24) is 10.2 Å². The van der Waals surface area contributed by atoms with Gasteiger partial charge in [0.25, 0.3) is 0 Å². The van der Waals surface area contributed by atoms with Crippen LogP contribution in [0.4, 0.5) is 0 Å². The van der Waals surface area contributed by atoms with Crippen molar-refractivity contribution < 1.29 is 14.6 Å². The molecule has 20 heavy (non-hydrogen) atoms. The molecule has 1 atom stereocenters. The molecule has 6 heteroatoms. The lowest BCUT2D eigenvalue weighted by Gasteiger charge is -2.02. The lowest BCUT2D eigenvalue weighted by molar-refractivity contribution is 0.0690. The summed E-state index contributed by atoms with van der Waals surface area (Å²) in [4.78, 5) is 15.2. The van der Waals surface area contributed by atoms with Gasteiger partial charge in [-0.15, -0.1) is 0 Å². The summed E-state index contributed by atoms with van der Waals surface area (Å²) in [5.41, 5.74) is 2.41. The molecule has 1 aromatic heterocycles. The van der Waals surface area contributed by atoms with E-state index < -0.39 is 5.97 Å². The van der Waals surface area contributed by atoms with Gasteiger partial charge in [-0.25, -0.2) is 9.79 Å². The Morgan fingerprint density at radius 3 is 2.60 bits per heavy atom. The maximum Gasteiger partial charge on any atom is 0.353 e. The number of aromatic amines is 1. The average Bonchev–Trinajstić information content (AvgIpc) is 3.08. The lowest BCUT2D eigenvalue weighted by Crippen LogP contribution is -2.01. The highest BCUT2D eigenvalue weighted by Crippen LogP contribution is 2.20. The number of hydrogen-bond donors (Lipinski definition) is 2. The van der Waals surface area contributed by atoms with E-state index in [0.717, 1.165) is 11.1 Å². The van der Waals surface area contributed by atoms with E-state index in [1.54, 1.807) is 0 Å². The van der Waals surface area contributed by atoms with Crippen molar-refractivity contribution >= 4 is 11.9 Å². The first-order chi connectivity index (χ1) is 9.63. The molecule has 0 fully saturated rings. The third-order valence-electron chi connectivity index (χ3n) is 3.03. The van der Waals surface area contributed by atoms with Crippen LogP contribution in [0.2, 0.25) is 0 Å². The smallest absolute Gasteiger partial charge is 0.353 e. The number of aromatic nitrogens is 2. The summed E-state index contributed by atoms with van der Waals surface area (Å²) < 4.78 is 5.48. The van der Waals surface area contributed by atoms with E-state index in [2.05, 4.69) is 15.2 Å². The molecule has 0 radical (unpaired) electrons. The van der Waals surface area contributed by atoms with E-state index >= 15 is 0 Å². The van der Waals surface area contributed by atoms with Gasteiger partial charge in [0.05, 0.1) is 11.7 Å². The molecule has 1 aromatic carbocycles. The number of carbonyl (C=O) groups is 1. The number of aromatic carboxylic acids is 1. The number of hydrogen-bond acceptors (Lipinski definition) is 4. The highest BCUT2D eigenvalue weighted by atomic mass is 16.5. The minimum atomic E-state index is -1.02.